The van der Waals surface area contributed by atoms with E-state index in [1.807, 2.05) is 60.0 Å². The molecule has 0 aliphatic heterocycles. The van der Waals surface area contributed by atoms with Crippen molar-refractivity contribution < 1.29 is 9.18 Å². The number of urea groups is 1. The van der Waals surface area contributed by atoms with E-state index in [2.05, 4.69) is 27.8 Å². The number of carbonyl (C=O) groups is 1. The van der Waals surface area contributed by atoms with Crippen LogP contribution in [0.5, 0.6) is 0 Å². The van der Waals surface area contributed by atoms with Crippen molar-refractivity contribution in [1.82, 2.24) is 25.4 Å². The number of unbranched alkanes of at least 4 members (excludes halogenated alkanes) is 1. The van der Waals surface area contributed by atoms with Gasteiger partial charge in [-0.05, 0) is 54.3 Å². The molecular formula is C29H31ClFN5OS. The summed E-state index contributed by atoms with van der Waals surface area (Å²) in [7, 11) is 0. The number of halogens is 2. The van der Waals surface area contributed by atoms with Crippen LogP contribution in [0, 0.1) is 12.7 Å². The lowest BCUT2D eigenvalue weighted by molar-refractivity contribution is 0.236. The summed E-state index contributed by atoms with van der Waals surface area (Å²) in [4.78, 5) is 12.9. The third kappa shape index (κ3) is 7.36. The Morgan fingerprint density at radius 1 is 1.05 bits per heavy atom. The van der Waals surface area contributed by atoms with Crippen LogP contribution in [0.4, 0.5) is 9.18 Å². The summed E-state index contributed by atoms with van der Waals surface area (Å²) in [6, 6.07) is 21.4. The number of aromatic nitrogens is 3. The molecule has 0 bridgehead atoms. The number of amides is 2. The first-order valence-corrected chi connectivity index (χ1v) is 14.0. The van der Waals surface area contributed by atoms with Gasteiger partial charge in [-0.15, -0.1) is 10.2 Å². The molecule has 38 heavy (non-hydrogen) atoms. The Balaban J connectivity index is 1.72. The summed E-state index contributed by atoms with van der Waals surface area (Å²) in [5.41, 5.74) is 3.85. The predicted octanol–water partition coefficient (Wildman–Crippen LogP) is 7.04. The Bertz CT molecular complexity index is 1350. The van der Waals surface area contributed by atoms with Gasteiger partial charge >= 0.3 is 6.03 Å². The highest BCUT2D eigenvalue weighted by atomic mass is 35.5. The molecule has 1 unspecified atom stereocenters. The van der Waals surface area contributed by atoms with Gasteiger partial charge in [-0.3, -0.25) is 4.57 Å². The summed E-state index contributed by atoms with van der Waals surface area (Å²) in [5.74, 6) is 0.907. The van der Waals surface area contributed by atoms with Crippen LogP contribution in [0.15, 0.2) is 78.0 Å². The highest BCUT2D eigenvalue weighted by molar-refractivity contribution is 7.98. The molecule has 1 aromatic heterocycles. The number of hydrogen-bond acceptors (Lipinski definition) is 4. The summed E-state index contributed by atoms with van der Waals surface area (Å²) in [5, 5.41) is 16.4. The number of nitrogens with one attached hydrogen (secondary N) is 2. The Kier molecular flexibility index (Phi) is 9.79. The van der Waals surface area contributed by atoms with E-state index in [0.717, 1.165) is 35.2 Å². The van der Waals surface area contributed by atoms with E-state index >= 15 is 0 Å². The lowest BCUT2D eigenvalue weighted by Gasteiger charge is -2.21. The zero-order chi connectivity index (χ0) is 26.9. The second-order valence-corrected chi connectivity index (χ2v) is 10.4. The molecule has 1 atom stereocenters. The van der Waals surface area contributed by atoms with E-state index < -0.39 is 6.04 Å². The number of carbonyl (C=O) groups excluding carboxylic acids is 1. The minimum Gasteiger partial charge on any atom is -0.338 e. The van der Waals surface area contributed by atoms with Crippen LogP contribution in [0.2, 0.25) is 5.02 Å². The predicted molar refractivity (Wildman–Crippen MR) is 151 cm³/mol. The number of thioether (sulfide) groups is 1. The number of hydrogen-bond donors (Lipinski definition) is 2. The molecule has 0 spiro atoms. The van der Waals surface area contributed by atoms with Gasteiger partial charge in [0, 0.05) is 23.7 Å². The van der Waals surface area contributed by atoms with Gasteiger partial charge in [0.2, 0.25) is 0 Å². The smallest absolute Gasteiger partial charge is 0.315 e. The number of benzene rings is 3. The summed E-state index contributed by atoms with van der Waals surface area (Å²) in [6.45, 7) is 4.68. The maximum absolute atomic E-state index is 13.4. The molecule has 4 aromatic rings. The van der Waals surface area contributed by atoms with Crippen molar-refractivity contribution in [3.63, 3.8) is 0 Å². The fraction of sp³-hybridized carbons (Fsp3) is 0.276. The number of rotatable bonds is 11. The third-order valence-electron chi connectivity index (χ3n) is 6.07. The van der Waals surface area contributed by atoms with Crippen molar-refractivity contribution in [1.29, 1.82) is 0 Å². The first-order valence-electron chi connectivity index (χ1n) is 12.6. The first-order chi connectivity index (χ1) is 18.4. The van der Waals surface area contributed by atoms with Crippen molar-refractivity contribution in [3.05, 3.63) is 106 Å². The largest absolute Gasteiger partial charge is 0.338 e. The van der Waals surface area contributed by atoms with E-state index in [0.29, 0.717) is 34.7 Å². The van der Waals surface area contributed by atoms with Gasteiger partial charge < -0.3 is 10.6 Å². The molecule has 0 radical (unpaired) electrons. The molecule has 0 aliphatic rings. The molecule has 0 fully saturated rings. The van der Waals surface area contributed by atoms with Crippen LogP contribution in [-0.4, -0.2) is 27.3 Å². The molecule has 2 N–H and O–H groups in total. The van der Waals surface area contributed by atoms with Gasteiger partial charge in [-0.2, -0.15) is 0 Å². The average molecular weight is 552 g/mol. The standard InChI is InChI=1S/C29H31ClFN5OS/c1-3-4-16-32-28(37)33-25(17-21-8-6-5-7-9-21)27-34-35-29(38-19-22-11-14-24(31)15-12-22)36(27)26-18-23(30)13-10-20(26)2/h5-15,18,25H,3-4,16-17,19H2,1-2H3,(H2,32,33,37). The topological polar surface area (TPSA) is 71.8 Å². The van der Waals surface area contributed by atoms with Crippen LogP contribution < -0.4 is 10.6 Å². The molecule has 198 valence electrons. The molecule has 0 saturated carbocycles. The van der Waals surface area contributed by atoms with E-state index in [1.54, 1.807) is 12.1 Å². The molecule has 0 saturated heterocycles. The average Bonchev–Trinajstić information content (AvgIpc) is 3.34. The lowest BCUT2D eigenvalue weighted by atomic mass is 10.0. The van der Waals surface area contributed by atoms with Crippen molar-refractivity contribution >= 4 is 29.4 Å². The van der Waals surface area contributed by atoms with E-state index in [1.165, 1.54) is 23.9 Å². The maximum Gasteiger partial charge on any atom is 0.315 e. The first kappa shape index (κ1) is 27.7. The molecule has 3 aromatic carbocycles. The molecule has 0 aliphatic carbocycles. The number of aryl methyl sites for hydroxylation is 1. The normalized spacial score (nSPS) is 11.8. The summed E-state index contributed by atoms with van der Waals surface area (Å²) < 4.78 is 15.4. The Hall–Kier alpha value is -3.36. The van der Waals surface area contributed by atoms with Gasteiger partial charge in [0.15, 0.2) is 11.0 Å². The van der Waals surface area contributed by atoms with Crippen molar-refractivity contribution in [2.75, 3.05) is 6.54 Å². The van der Waals surface area contributed by atoms with Crippen LogP contribution in [0.3, 0.4) is 0 Å². The zero-order valence-electron chi connectivity index (χ0n) is 21.5. The minimum absolute atomic E-state index is 0.253. The van der Waals surface area contributed by atoms with Crippen molar-refractivity contribution in [2.45, 2.75) is 50.1 Å². The van der Waals surface area contributed by atoms with Crippen LogP contribution in [0.1, 0.15) is 48.3 Å². The Morgan fingerprint density at radius 2 is 1.82 bits per heavy atom. The fourth-order valence-corrected chi connectivity index (χ4v) is 5.10. The molecule has 6 nitrogen and oxygen atoms in total. The third-order valence-corrected chi connectivity index (χ3v) is 7.30. The quantitative estimate of drug-likeness (QED) is 0.155. The van der Waals surface area contributed by atoms with E-state index in [9.17, 15) is 9.18 Å². The van der Waals surface area contributed by atoms with Gasteiger partial charge in [-0.25, -0.2) is 9.18 Å². The molecule has 1 heterocycles. The maximum atomic E-state index is 13.4. The van der Waals surface area contributed by atoms with Gasteiger partial charge in [0.25, 0.3) is 0 Å². The fourth-order valence-electron chi connectivity index (χ4n) is 4.02. The van der Waals surface area contributed by atoms with Crippen molar-refractivity contribution in [3.8, 4) is 5.69 Å². The summed E-state index contributed by atoms with van der Waals surface area (Å²) >= 11 is 7.91. The van der Waals surface area contributed by atoms with Crippen LogP contribution in [0.25, 0.3) is 5.69 Å². The highest BCUT2D eigenvalue weighted by Crippen LogP contribution is 2.31. The minimum atomic E-state index is -0.454. The van der Waals surface area contributed by atoms with Crippen LogP contribution >= 0.6 is 23.4 Å². The molecule has 9 heteroatoms. The van der Waals surface area contributed by atoms with E-state index in [4.69, 9.17) is 11.6 Å². The van der Waals surface area contributed by atoms with Gasteiger partial charge in [0.05, 0.1) is 11.7 Å². The zero-order valence-corrected chi connectivity index (χ0v) is 23.0. The lowest BCUT2D eigenvalue weighted by Crippen LogP contribution is -2.40. The monoisotopic (exact) mass is 551 g/mol. The highest BCUT2D eigenvalue weighted by Gasteiger charge is 2.26. The van der Waals surface area contributed by atoms with Gasteiger partial charge in [0.1, 0.15) is 5.82 Å². The SMILES string of the molecule is CCCCNC(=O)NC(Cc1ccccc1)c1nnc(SCc2ccc(F)cc2)n1-c1cc(Cl)ccc1C. The Morgan fingerprint density at radius 3 is 2.55 bits per heavy atom. The van der Waals surface area contributed by atoms with E-state index in [-0.39, 0.29) is 11.8 Å². The number of nitrogens with zero attached hydrogens (tertiary/aromatic N) is 3. The van der Waals surface area contributed by atoms with Crippen molar-refractivity contribution in [2.24, 2.45) is 0 Å². The Labute approximate surface area is 232 Å². The summed E-state index contributed by atoms with van der Waals surface area (Å²) in [6.07, 6.45) is 2.42. The molecular weight excluding hydrogens is 521 g/mol. The molecule has 4 rings (SSSR count). The molecule has 2 amide bonds. The second kappa shape index (κ2) is 13.4. The second-order valence-electron chi connectivity index (χ2n) is 9.02. The van der Waals surface area contributed by atoms with Gasteiger partial charge in [-0.1, -0.05) is 85.2 Å². The van der Waals surface area contributed by atoms with Crippen LogP contribution in [-0.2, 0) is 12.2 Å².